The molecule has 378 valence electrons. The zero-order valence-electron chi connectivity index (χ0n) is 41.9. The van der Waals surface area contributed by atoms with Gasteiger partial charge in [-0.05, 0) is 86.5 Å². The molecular formula is C49H82N2O15. The van der Waals surface area contributed by atoms with Gasteiger partial charge >= 0.3 is 11.9 Å². The molecule has 0 saturated carbocycles. The molecule has 4 N–H and O–H groups in total. The summed E-state index contributed by atoms with van der Waals surface area (Å²) in [4.78, 5) is 34.6. The molecule has 3 heterocycles. The maximum Gasteiger partial charge on any atom is 0.311 e. The second-order valence-electron chi connectivity index (χ2n) is 19.6. The highest BCUT2D eigenvalue weighted by Gasteiger charge is 2.54. The number of cyclic esters (lactones) is 1. The smallest absolute Gasteiger partial charge is 0.311 e. The van der Waals surface area contributed by atoms with E-state index in [1.165, 1.54) is 21.0 Å². The quantitative estimate of drug-likeness (QED) is 0.103. The Morgan fingerprint density at radius 1 is 0.924 bits per heavy atom. The minimum Gasteiger partial charge on any atom is -0.493 e. The lowest BCUT2D eigenvalue weighted by molar-refractivity contribution is -0.318. The third kappa shape index (κ3) is 13.6. The van der Waals surface area contributed by atoms with Crippen molar-refractivity contribution in [1.29, 1.82) is 0 Å². The second kappa shape index (κ2) is 24.0. The summed E-state index contributed by atoms with van der Waals surface area (Å²) in [6.07, 6.45) is -8.95. The number of carbonyl (C=O) groups is 2. The van der Waals surface area contributed by atoms with Crippen molar-refractivity contribution in [3.8, 4) is 5.75 Å². The molecule has 3 aliphatic rings. The molecule has 17 nitrogen and oxygen atoms in total. The van der Waals surface area contributed by atoms with Crippen molar-refractivity contribution in [3.63, 3.8) is 0 Å². The topological polar surface area (TPSA) is 214 Å². The number of hydrogen-bond acceptors (Lipinski definition) is 17. The normalized spacial score (nSPS) is 41.5. The molecular weight excluding hydrogens is 857 g/mol. The van der Waals surface area contributed by atoms with Crippen LogP contribution in [0.5, 0.6) is 5.75 Å². The summed E-state index contributed by atoms with van der Waals surface area (Å²) in [5.74, 6) is -3.96. The highest BCUT2D eigenvalue weighted by molar-refractivity contribution is 5.88. The molecule has 18 atom stereocenters. The van der Waals surface area contributed by atoms with Crippen LogP contribution in [0.4, 0.5) is 0 Å². The third-order valence-corrected chi connectivity index (χ3v) is 14.1. The van der Waals surface area contributed by atoms with Crippen LogP contribution in [0.3, 0.4) is 0 Å². The van der Waals surface area contributed by atoms with Crippen molar-refractivity contribution in [3.05, 3.63) is 30.3 Å². The Bertz CT molecular complexity index is 1700. The van der Waals surface area contributed by atoms with Gasteiger partial charge in [-0.2, -0.15) is 0 Å². The number of para-hydroxylation sites is 1. The number of aliphatic hydroxyl groups is 4. The number of nitrogens with zero attached hydrogens (tertiary/aromatic N) is 2. The number of esters is 2. The van der Waals surface area contributed by atoms with Crippen molar-refractivity contribution in [2.45, 2.75) is 199 Å². The minimum absolute atomic E-state index is 0.0251. The van der Waals surface area contributed by atoms with E-state index in [4.69, 9.17) is 42.7 Å². The fraction of sp³-hybridized carbons (Fsp3) is 0.816. The number of ether oxygens (including phenoxy) is 8. The Balaban J connectivity index is 1.81. The van der Waals surface area contributed by atoms with Gasteiger partial charge < -0.3 is 68.1 Å². The molecule has 17 heteroatoms. The molecule has 0 radical (unpaired) electrons. The summed E-state index contributed by atoms with van der Waals surface area (Å²) in [5, 5.41) is 53.6. The molecule has 0 amide bonds. The molecule has 1 aromatic carbocycles. The molecule has 0 aliphatic carbocycles. The van der Waals surface area contributed by atoms with Gasteiger partial charge in [0.05, 0.1) is 54.4 Å². The van der Waals surface area contributed by atoms with E-state index < -0.39 is 108 Å². The summed E-state index contributed by atoms with van der Waals surface area (Å²) in [6, 6.07) is 9.07. The number of likely N-dealkylation sites (N-methyl/N-ethyl adjacent to an activating group) is 1. The fourth-order valence-corrected chi connectivity index (χ4v) is 10.1. The van der Waals surface area contributed by atoms with E-state index in [9.17, 15) is 30.0 Å². The van der Waals surface area contributed by atoms with Crippen LogP contribution < -0.4 is 4.74 Å². The first-order valence-corrected chi connectivity index (χ1v) is 23.9. The Morgan fingerprint density at radius 2 is 1.59 bits per heavy atom. The Kier molecular flexibility index (Phi) is 20.3. The van der Waals surface area contributed by atoms with Crippen LogP contribution in [-0.4, -0.2) is 161 Å². The van der Waals surface area contributed by atoms with Gasteiger partial charge in [-0.3, -0.25) is 9.59 Å². The molecule has 0 aromatic heterocycles. The molecule has 0 spiro atoms. The van der Waals surface area contributed by atoms with Crippen molar-refractivity contribution in [2.75, 3.05) is 33.9 Å². The monoisotopic (exact) mass is 939 g/mol. The molecule has 0 bridgehead atoms. The summed E-state index contributed by atoms with van der Waals surface area (Å²) in [5.41, 5.74) is -4.48. The standard InChI is InChI=1S/C49H82N2O15/c1-15-37-49(12,57)42(54)30(5)39(50-60-24-20-23-59-35-21-18-17-19-22-35)28(3)26-47(10,56)43(66-46-40(53)36(51(13)16-2)25-29(4)61-46)31(6)41(32(7)45(55)64-37)65-38-27-48(11,58-14)44(33(8)62-38)63-34(9)52/h17-19,21-22,28-33,36-38,40-44,46,53-54,56-57H,15-16,20,23-27H2,1-14H3/b50-39+/t28-,29-,30-,31?,32-,33+,36+,37+,38+,40-,41+,42-,43-,44+,46+,47-,48-,49-/m1/s1. The zero-order valence-corrected chi connectivity index (χ0v) is 41.9. The van der Waals surface area contributed by atoms with E-state index in [2.05, 4.69) is 5.16 Å². The van der Waals surface area contributed by atoms with Crippen LogP contribution in [0.2, 0.25) is 0 Å². The van der Waals surface area contributed by atoms with Crippen molar-refractivity contribution < 1.29 is 72.7 Å². The maximum atomic E-state index is 14.5. The molecule has 1 aromatic rings. The van der Waals surface area contributed by atoms with Gasteiger partial charge in [0, 0.05) is 50.7 Å². The van der Waals surface area contributed by atoms with E-state index in [0.29, 0.717) is 31.7 Å². The summed E-state index contributed by atoms with van der Waals surface area (Å²) < 4.78 is 50.0. The van der Waals surface area contributed by atoms with E-state index in [1.54, 1.807) is 48.5 Å². The van der Waals surface area contributed by atoms with Gasteiger partial charge in [0.15, 0.2) is 18.7 Å². The first-order valence-electron chi connectivity index (χ1n) is 23.9. The van der Waals surface area contributed by atoms with Crippen molar-refractivity contribution >= 4 is 17.7 Å². The average Bonchev–Trinajstić information content (AvgIpc) is 3.26. The van der Waals surface area contributed by atoms with Crippen LogP contribution in [0, 0.1) is 23.7 Å². The van der Waals surface area contributed by atoms with E-state index in [-0.39, 0.29) is 38.0 Å². The lowest BCUT2D eigenvalue weighted by Crippen LogP contribution is -2.61. The molecule has 3 saturated heterocycles. The fourth-order valence-electron chi connectivity index (χ4n) is 10.1. The van der Waals surface area contributed by atoms with Crippen LogP contribution in [-0.2, 0) is 47.6 Å². The van der Waals surface area contributed by atoms with Crippen LogP contribution in [0.25, 0.3) is 0 Å². The summed E-state index contributed by atoms with van der Waals surface area (Å²) in [7, 11) is 3.43. The van der Waals surface area contributed by atoms with E-state index in [1.807, 2.05) is 63.1 Å². The minimum atomic E-state index is -1.98. The van der Waals surface area contributed by atoms with Gasteiger partial charge in [-0.1, -0.05) is 58.0 Å². The maximum absolute atomic E-state index is 14.5. The van der Waals surface area contributed by atoms with Gasteiger partial charge in [0.25, 0.3) is 0 Å². The van der Waals surface area contributed by atoms with Crippen molar-refractivity contribution in [2.24, 2.45) is 28.8 Å². The first kappa shape index (κ1) is 55.6. The van der Waals surface area contributed by atoms with Crippen LogP contribution in [0.1, 0.15) is 115 Å². The van der Waals surface area contributed by atoms with Gasteiger partial charge in [0.1, 0.15) is 35.8 Å². The molecule has 4 rings (SSSR count). The number of hydrogen-bond donors (Lipinski definition) is 4. The number of oxime groups is 1. The van der Waals surface area contributed by atoms with Crippen molar-refractivity contribution in [1.82, 2.24) is 4.90 Å². The average molecular weight is 939 g/mol. The second-order valence-corrected chi connectivity index (χ2v) is 19.6. The van der Waals surface area contributed by atoms with Crippen LogP contribution >= 0.6 is 0 Å². The number of aliphatic hydroxyl groups excluding tert-OH is 2. The predicted octanol–water partition coefficient (Wildman–Crippen LogP) is 5.02. The van der Waals surface area contributed by atoms with Gasteiger partial charge in [-0.15, -0.1) is 0 Å². The lowest BCUT2D eigenvalue weighted by atomic mass is 9.73. The highest BCUT2D eigenvalue weighted by Crippen LogP contribution is 2.41. The zero-order chi connectivity index (χ0) is 49.3. The summed E-state index contributed by atoms with van der Waals surface area (Å²) >= 11 is 0. The van der Waals surface area contributed by atoms with Gasteiger partial charge in [0.2, 0.25) is 0 Å². The largest absolute Gasteiger partial charge is 0.493 e. The molecule has 66 heavy (non-hydrogen) atoms. The molecule has 3 fully saturated rings. The Labute approximate surface area is 392 Å². The van der Waals surface area contributed by atoms with E-state index in [0.717, 1.165) is 5.75 Å². The molecule has 1 unspecified atom stereocenters. The van der Waals surface area contributed by atoms with E-state index >= 15 is 0 Å². The Morgan fingerprint density at radius 3 is 2.20 bits per heavy atom. The molecule has 3 aliphatic heterocycles. The lowest BCUT2D eigenvalue weighted by Gasteiger charge is -2.49. The number of benzene rings is 1. The number of methoxy groups -OCH3 is 1. The predicted molar refractivity (Wildman–Crippen MR) is 245 cm³/mol. The van der Waals surface area contributed by atoms with Gasteiger partial charge in [-0.25, -0.2) is 0 Å². The summed E-state index contributed by atoms with van der Waals surface area (Å²) in [6.45, 7) is 21.7. The number of rotatable bonds is 15. The first-order chi connectivity index (χ1) is 30.9. The third-order valence-electron chi connectivity index (χ3n) is 14.1. The highest BCUT2D eigenvalue weighted by atomic mass is 16.7. The number of carbonyl (C=O) groups excluding carboxylic acids is 2. The van der Waals surface area contributed by atoms with Crippen LogP contribution in [0.15, 0.2) is 35.5 Å². The SMILES string of the molecule is CC[C@@H]1OC(=O)[C@H](C)[C@@H](O[C@H]2C[C@@](C)(OC)[C@@H](OC(C)=O)[C@H](C)O2)C(C)[C@@H](O[C@@H]2O[C@H](C)C[C@H](N(C)CC)[C@H]2O)[C@](C)(O)C[C@@H](C)/C(=N\OCCCOc2ccccc2)[C@@H](C)[C@@H](O)[C@]1(C)O. The Hall–Kier alpha value is -2.97.